The summed E-state index contributed by atoms with van der Waals surface area (Å²) in [6, 6.07) is 13.5. The number of amides is 1. The van der Waals surface area contributed by atoms with E-state index in [-0.39, 0.29) is 10.8 Å². The van der Waals surface area contributed by atoms with Gasteiger partial charge in [0.25, 0.3) is 15.9 Å². The van der Waals surface area contributed by atoms with E-state index in [1.54, 1.807) is 36.4 Å². The fourth-order valence-electron chi connectivity index (χ4n) is 3.07. The maximum absolute atomic E-state index is 13.0. The Hall–Kier alpha value is -1.86. The van der Waals surface area contributed by atoms with Crippen molar-refractivity contribution in [3.63, 3.8) is 0 Å². The van der Waals surface area contributed by atoms with Crippen LogP contribution in [0.15, 0.2) is 57.9 Å². The summed E-state index contributed by atoms with van der Waals surface area (Å²) in [5.41, 5.74) is 0.921. The van der Waals surface area contributed by atoms with Crippen molar-refractivity contribution in [1.29, 1.82) is 0 Å². The number of nitrogens with zero attached hydrogens (tertiary/aromatic N) is 1. The Bertz CT molecular complexity index is 951. The number of carbonyl (C=O) groups excluding carboxylic acids is 1. The standard InChI is InChI=1S/C20H21BrN2O3S/c21-16-6-10-19(11-7-16)27(25,26)22-17-3-1-2-15(12-17)20(24)23(18-8-9-18)13-14-4-5-14/h1-3,6-7,10-12,14,18,22H,4-5,8-9,13H2. The lowest BCUT2D eigenvalue weighted by Crippen LogP contribution is -2.34. The van der Waals surface area contributed by atoms with E-state index in [0.717, 1.165) is 23.9 Å². The molecule has 0 atom stereocenters. The van der Waals surface area contributed by atoms with Crippen LogP contribution in [0.5, 0.6) is 0 Å². The number of halogens is 1. The average Bonchev–Trinajstić information content (AvgIpc) is 3.53. The zero-order valence-corrected chi connectivity index (χ0v) is 17.2. The maximum atomic E-state index is 13.0. The number of carbonyl (C=O) groups is 1. The highest BCUT2D eigenvalue weighted by molar-refractivity contribution is 9.10. The molecule has 1 N–H and O–H groups in total. The Morgan fingerprint density at radius 1 is 1.07 bits per heavy atom. The molecule has 2 aliphatic rings. The summed E-state index contributed by atoms with van der Waals surface area (Å²) in [7, 11) is -3.70. The van der Waals surface area contributed by atoms with E-state index >= 15 is 0 Å². The Balaban J connectivity index is 1.53. The first-order valence-electron chi connectivity index (χ1n) is 9.12. The van der Waals surface area contributed by atoms with Crippen LogP contribution in [0.1, 0.15) is 36.0 Å². The second-order valence-electron chi connectivity index (χ2n) is 7.27. The number of rotatable bonds is 7. The van der Waals surface area contributed by atoms with E-state index < -0.39 is 10.0 Å². The normalized spacial score (nSPS) is 16.8. The molecule has 0 heterocycles. The van der Waals surface area contributed by atoms with Crippen LogP contribution in [-0.2, 0) is 10.0 Å². The van der Waals surface area contributed by atoms with Crippen molar-refractivity contribution in [2.75, 3.05) is 11.3 Å². The third-order valence-electron chi connectivity index (χ3n) is 4.89. The van der Waals surface area contributed by atoms with E-state index in [4.69, 9.17) is 0 Å². The molecule has 0 unspecified atom stereocenters. The van der Waals surface area contributed by atoms with Crippen LogP contribution in [0, 0.1) is 5.92 Å². The third kappa shape index (κ3) is 4.52. The summed E-state index contributed by atoms with van der Waals surface area (Å²) in [6.07, 6.45) is 4.52. The summed E-state index contributed by atoms with van der Waals surface area (Å²) in [6.45, 7) is 0.818. The van der Waals surface area contributed by atoms with Crippen LogP contribution >= 0.6 is 15.9 Å². The van der Waals surface area contributed by atoms with E-state index in [0.29, 0.717) is 23.2 Å². The molecule has 0 aliphatic heterocycles. The van der Waals surface area contributed by atoms with Gasteiger partial charge in [-0.25, -0.2) is 8.42 Å². The summed E-state index contributed by atoms with van der Waals surface area (Å²) < 4.78 is 28.5. The lowest BCUT2D eigenvalue weighted by Gasteiger charge is -2.22. The quantitative estimate of drug-likeness (QED) is 0.687. The van der Waals surface area contributed by atoms with Crippen molar-refractivity contribution in [2.24, 2.45) is 5.92 Å². The van der Waals surface area contributed by atoms with Crippen LogP contribution in [-0.4, -0.2) is 31.8 Å². The van der Waals surface area contributed by atoms with Crippen molar-refractivity contribution in [3.8, 4) is 0 Å². The number of hydrogen-bond acceptors (Lipinski definition) is 3. The molecule has 27 heavy (non-hydrogen) atoms. The number of sulfonamides is 1. The molecule has 0 radical (unpaired) electrons. The number of hydrogen-bond donors (Lipinski definition) is 1. The summed E-state index contributed by atoms with van der Waals surface area (Å²) in [5.74, 6) is 0.628. The number of benzene rings is 2. The molecule has 142 valence electrons. The molecule has 0 spiro atoms. The largest absolute Gasteiger partial charge is 0.335 e. The van der Waals surface area contributed by atoms with Gasteiger partial charge in [-0.05, 0) is 74.1 Å². The zero-order valence-electron chi connectivity index (χ0n) is 14.8. The van der Waals surface area contributed by atoms with Crippen molar-refractivity contribution < 1.29 is 13.2 Å². The number of anilines is 1. The predicted molar refractivity (Wildman–Crippen MR) is 108 cm³/mol. The van der Waals surface area contributed by atoms with Crippen LogP contribution in [0.4, 0.5) is 5.69 Å². The monoisotopic (exact) mass is 448 g/mol. The second-order valence-corrected chi connectivity index (χ2v) is 9.87. The Morgan fingerprint density at radius 2 is 1.78 bits per heavy atom. The summed E-state index contributed by atoms with van der Waals surface area (Å²) in [4.78, 5) is 15.1. The van der Waals surface area contributed by atoms with Crippen molar-refractivity contribution in [1.82, 2.24) is 4.90 Å². The average molecular weight is 449 g/mol. The molecule has 1 amide bonds. The highest BCUT2D eigenvalue weighted by Gasteiger charge is 2.36. The van der Waals surface area contributed by atoms with Gasteiger partial charge >= 0.3 is 0 Å². The van der Waals surface area contributed by atoms with Crippen molar-refractivity contribution >= 4 is 37.5 Å². The van der Waals surface area contributed by atoms with E-state index in [2.05, 4.69) is 20.7 Å². The molecule has 2 fully saturated rings. The van der Waals surface area contributed by atoms with Crippen LogP contribution < -0.4 is 4.72 Å². The van der Waals surface area contributed by atoms with Crippen LogP contribution in [0.2, 0.25) is 0 Å². The molecule has 0 aromatic heterocycles. The molecule has 5 nitrogen and oxygen atoms in total. The first-order valence-corrected chi connectivity index (χ1v) is 11.4. The first kappa shape index (κ1) is 18.5. The molecule has 4 rings (SSSR count). The predicted octanol–water partition coefficient (Wildman–Crippen LogP) is 4.26. The molecule has 2 aromatic rings. The van der Waals surface area contributed by atoms with Gasteiger partial charge in [-0.1, -0.05) is 22.0 Å². The van der Waals surface area contributed by atoms with E-state index in [9.17, 15) is 13.2 Å². The van der Waals surface area contributed by atoms with Crippen LogP contribution in [0.3, 0.4) is 0 Å². The van der Waals surface area contributed by atoms with Gasteiger partial charge in [0.05, 0.1) is 4.90 Å². The van der Waals surface area contributed by atoms with Gasteiger partial charge < -0.3 is 4.90 Å². The fraction of sp³-hybridized carbons (Fsp3) is 0.350. The summed E-state index contributed by atoms with van der Waals surface area (Å²) in [5, 5.41) is 0. The lowest BCUT2D eigenvalue weighted by atomic mass is 10.1. The van der Waals surface area contributed by atoms with E-state index in [1.807, 2.05) is 4.90 Å². The minimum absolute atomic E-state index is 0.00547. The topological polar surface area (TPSA) is 66.5 Å². The van der Waals surface area contributed by atoms with Gasteiger partial charge in [0.15, 0.2) is 0 Å². The highest BCUT2D eigenvalue weighted by atomic mass is 79.9. The fourth-order valence-corrected chi connectivity index (χ4v) is 4.39. The minimum Gasteiger partial charge on any atom is -0.335 e. The maximum Gasteiger partial charge on any atom is 0.261 e. The van der Waals surface area contributed by atoms with Crippen molar-refractivity contribution in [3.05, 3.63) is 58.6 Å². The van der Waals surface area contributed by atoms with Gasteiger partial charge in [0.1, 0.15) is 0 Å². The highest BCUT2D eigenvalue weighted by Crippen LogP contribution is 2.35. The molecule has 2 aromatic carbocycles. The summed E-state index contributed by atoms with van der Waals surface area (Å²) >= 11 is 3.30. The Kier molecular flexibility index (Phi) is 4.99. The SMILES string of the molecule is O=C(c1cccc(NS(=O)(=O)c2ccc(Br)cc2)c1)N(CC1CC1)C1CC1. The van der Waals surface area contributed by atoms with Gasteiger partial charge in [-0.2, -0.15) is 0 Å². The third-order valence-corrected chi connectivity index (χ3v) is 6.81. The van der Waals surface area contributed by atoms with Crippen molar-refractivity contribution in [2.45, 2.75) is 36.6 Å². The van der Waals surface area contributed by atoms with Gasteiger partial charge in [0.2, 0.25) is 0 Å². The van der Waals surface area contributed by atoms with Gasteiger partial charge in [0, 0.05) is 28.3 Å². The first-order chi connectivity index (χ1) is 12.9. The molecular formula is C20H21BrN2O3S. The second kappa shape index (κ2) is 7.28. The molecule has 2 aliphatic carbocycles. The zero-order chi connectivity index (χ0) is 19.0. The van der Waals surface area contributed by atoms with Gasteiger partial charge in [-0.15, -0.1) is 0 Å². The molecule has 7 heteroatoms. The van der Waals surface area contributed by atoms with E-state index in [1.165, 1.54) is 25.0 Å². The lowest BCUT2D eigenvalue weighted by molar-refractivity contribution is 0.0735. The smallest absolute Gasteiger partial charge is 0.261 e. The molecular weight excluding hydrogens is 428 g/mol. The Labute approximate surface area is 167 Å². The van der Waals surface area contributed by atoms with Crippen LogP contribution in [0.25, 0.3) is 0 Å². The van der Waals surface area contributed by atoms with Gasteiger partial charge in [-0.3, -0.25) is 9.52 Å². The molecule has 0 saturated heterocycles. The molecule has 2 saturated carbocycles. The number of nitrogens with one attached hydrogen (secondary N) is 1. The minimum atomic E-state index is -3.70. The Morgan fingerprint density at radius 3 is 2.41 bits per heavy atom. The molecule has 0 bridgehead atoms.